The van der Waals surface area contributed by atoms with Crippen LogP contribution in [0.1, 0.15) is 56.1 Å². The summed E-state index contributed by atoms with van der Waals surface area (Å²) in [5.74, 6) is 0.145. The lowest BCUT2D eigenvalue weighted by molar-refractivity contribution is -0.119. The first-order chi connectivity index (χ1) is 15.8. The van der Waals surface area contributed by atoms with Gasteiger partial charge in [0, 0.05) is 5.69 Å². The fraction of sp³-hybridized carbons (Fsp3) is 0.308. The van der Waals surface area contributed by atoms with Gasteiger partial charge < -0.3 is 5.32 Å². The summed E-state index contributed by atoms with van der Waals surface area (Å²) in [6.07, 6.45) is 0.430. The van der Waals surface area contributed by atoms with Gasteiger partial charge in [-0.15, -0.1) is 0 Å². The Morgan fingerprint density at radius 1 is 1.00 bits per heavy atom. The fourth-order valence-electron chi connectivity index (χ4n) is 4.06. The lowest BCUT2D eigenvalue weighted by atomic mass is 10.0. The zero-order valence-corrected chi connectivity index (χ0v) is 19.7. The summed E-state index contributed by atoms with van der Waals surface area (Å²) < 4.78 is 3.06. The molecule has 1 N–H and O–H groups in total. The number of hydrogen-bond acceptors (Lipinski definition) is 4. The lowest BCUT2D eigenvalue weighted by Gasteiger charge is -2.18. The maximum Gasteiger partial charge on any atom is 0.278 e. The van der Waals surface area contributed by atoms with Crippen molar-refractivity contribution in [1.82, 2.24) is 19.6 Å². The molecular formula is C26H29N5O2. The largest absolute Gasteiger partial charge is 0.324 e. The minimum absolute atomic E-state index is 0.267. The van der Waals surface area contributed by atoms with E-state index in [0.29, 0.717) is 34.6 Å². The minimum Gasteiger partial charge on any atom is -0.324 e. The van der Waals surface area contributed by atoms with Crippen LogP contribution in [0.2, 0.25) is 0 Å². The van der Waals surface area contributed by atoms with Crippen LogP contribution in [0, 0.1) is 13.8 Å². The van der Waals surface area contributed by atoms with Gasteiger partial charge in [-0.2, -0.15) is 10.2 Å². The molecule has 0 aliphatic rings. The molecule has 1 amide bonds. The number of nitrogens with zero attached hydrogens (tertiary/aromatic N) is 4. The fourth-order valence-corrected chi connectivity index (χ4v) is 4.06. The molecule has 0 aliphatic heterocycles. The van der Waals surface area contributed by atoms with Crippen molar-refractivity contribution < 1.29 is 4.79 Å². The molecule has 7 nitrogen and oxygen atoms in total. The molecule has 4 rings (SSSR count). The predicted octanol–water partition coefficient (Wildman–Crippen LogP) is 4.91. The van der Waals surface area contributed by atoms with E-state index in [2.05, 4.69) is 29.4 Å². The number of anilines is 1. The smallest absolute Gasteiger partial charge is 0.278 e. The molecule has 7 heteroatoms. The van der Waals surface area contributed by atoms with Gasteiger partial charge in [-0.25, -0.2) is 9.36 Å². The number of carbonyl (C=O) groups is 1. The molecule has 2 heterocycles. The Balaban J connectivity index is 1.73. The summed E-state index contributed by atoms with van der Waals surface area (Å²) in [4.78, 5) is 26.6. The molecule has 0 radical (unpaired) electrons. The van der Waals surface area contributed by atoms with Gasteiger partial charge in [-0.1, -0.05) is 51.1 Å². The third-order valence-corrected chi connectivity index (χ3v) is 5.97. The Kier molecular flexibility index (Phi) is 6.14. The number of rotatable bonds is 6. The Hall–Kier alpha value is -3.74. The summed E-state index contributed by atoms with van der Waals surface area (Å²) in [6, 6.07) is 16.7. The van der Waals surface area contributed by atoms with Gasteiger partial charge in [0.25, 0.3) is 5.56 Å². The number of aromatic nitrogens is 4. The molecule has 0 bridgehead atoms. The Labute approximate surface area is 193 Å². The Morgan fingerprint density at radius 3 is 2.27 bits per heavy atom. The molecule has 1 unspecified atom stereocenters. The van der Waals surface area contributed by atoms with Gasteiger partial charge >= 0.3 is 0 Å². The molecule has 0 aliphatic carbocycles. The first-order valence-electron chi connectivity index (χ1n) is 11.3. The van der Waals surface area contributed by atoms with Gasteiger partial charge in [0.15, 0.2) is 0 Å². The molecule has 2 aromatic heterocycles. The monoisotopic (exact) mass is 443 g/mol. The van der Waals surface area contributed by atoms with E-state index in [1.165, 1.54) is 10.2 Å². The van der Waals surface area contributed by atoms with Crippen LogP contribution in [0.3, 0.4) is 0 Å². The van der Waals surface area contributed by atoms with E-state index >= 15 is 0 Å². The highest BCUT2D eigenvalue weighted by molar-refractivity contribution is 5.94. The maximum absolute atomic E-state index is 13.5. The maximum atomic E-state index is 13.5. The van der Waals surface area contributed by atoms with Crippen molar-refractivity contribution in [1.29, 1.82) is 0 Å². The zero-order valence-electron chi connectivity index (χ0n) is 19.7. The standard InChI is InChI=1S/C26H29N5O2/c1-6-22(25(32)27-20-14-12-19(13-15-20)16(2)3)31-26(33)23-18(5)30(21-10-8-7-9-11-21)29-24(23)17(4)28-31/h7-16,22H,6H2,1-5H3,(H,27,32). The van der Waals surface area contributed by atoms with Crippen LogP contribution in [-0.4, -0.2) is 25.5 Å². The molecule has 0 spiro atoms. The molecule has 0 fully saturated rings. The van der Waals surface area contributed by atoms with Crippen LogP contribution in [-0.2, 0) is 4.79 Å². The van der Waals surface area contributed by atoms with Crippen molar-refractivity contribution in [3.8, 4) is 5.69 Å². The summed E-state index contributed by atoms with van der Waals surface area (Å²) >= 11 is 0. The van der Waals surface area contributed by atoms with E-state index in [1.54, 1.807) is 4.68 Å². The SMILES string of the molecule is CCC(C(=O)Nc1ccc(C(C)C)cc1)n1nc(C)c2nn(-c3ccccc3)c(C)c2c1=O. The van der Waals surface area contributed by atoms with Gasteiger partial charge in [0.05, 0.1) is 22.5 Å². The van der Waals surface area contributed by atoms with Crippen LogP contribution in [0.4, 0.5) is 5.69 Å². The summed E-state index contributed by atoms with van der Waals surface area (Å²) in [7, 11) is 0. The van der Waals surface area contributed by atoms with Crippen LogP contribution >= 0.6 is 0 Å². The quantitative estimate of drug-likeness (QED) is 0.459. The average molecular weight is 444 g/mol. The van der Waals surface area contributed by atoms with Crippen molar-refractivity contribution in [2.45, 2.75) is 53.0 Å². The number of aryl methyl sites for hydroxylation is 2. The number of amides is 1. The number of benzene rings is 2. The van der Waals surface area contributed by atoms with Crippen LogP contribution < -0.4 is 10.9 Å². The van der Waals surface area contributed by atoms with Crippen molar-refractivity contribution in [3.63, 3.8) is 0 Å². The Bertz CT molecular complexity index is 1350. The first-order valence-corrected chi connectivity index (χ1v) is 11.3. The van der Waals surface area contributed by atoms with Crippen molar-refractivity contribution in [2.24, 2.45) is 0 Å². The summed E-state index contributed by atoms with van der Waals surface area (Å²) in [5.41, 5.74) is 4.33. The second kappa shape index (κ2) is 9.02. The molecule has 0 saturated heterocycles. The molecule has 0 saturated carbocycles. The number of carbonyl (C=O) groups excluding carboxylic acids is 1. The summed E-state index contributed by atoms with van der Waals surface area (Å²) in [6.45, 7) is 9.80. The van der Waals surface area contributed by atoms with E-state index in [-0.39, 0.29) is 11.5 Å². The van der Waals surface area contributed by atoms with E-state index in [9.17, 15) is 9.59 Å². The van der Waals surface area contributed by atoms with E-state index < -0.39 is 6.04 Å². The lowest BCUT2D eigenvalue weighted by Crippen LogP contribution is -2.35. The van der Waals surface area contributed by atoms with Crippen molar-refractivity contribution in [3.05, 3.63) is 81.9 Å². The van der Waals surface area contributed by atoms with Crippen molar-refractivity contribution in [2.75, 3.05) is 5.32 Å². The molecule has 33 heavy (non-hydrogen) atoms. The number of fused-ring (bicyclic) bond motifs is 1. The van der Waals surface area contributed by atoms with E-state index in [1.807, 2.05) is 75.4 Å². The van der Waals surface area contributed by atoms with Gasteiger partial charge in [-0.05, 0) is 56.0 Å². The normalized spacial score (nSPS) is 12.3. The molecule has 4 aromatic rings. The molecule has 170 valence electrons. The average Bonchev–Trinajstić information content (AvgIpc) is 3.16. The predicted molar refractivity (Wildman–Crippen MR) is 131 cm³/mol. The van der Waals surface area contributed by atoms with Crippen molar-refractivity contribution >= 4 is 22.5 Å². The number of para-hydroxylation sites is 1. The topological polar surface area (TPSA) is 81.8 Å². The highest BCUT2D eigenvalue weighted by atomic mass is 16.2. The second-order valence-electron chi connectivity index (χ2n) is 8.58. The number of nitrogens with one attached hydrogen (secondary N) is 1. The minimum atomic E-state index is -0.732. The second-order valence-corrected chi connectivity index (χ2v) is 8.58. The molecular weight excluding hydrogens is 414 g/mol. The highest BCUT2D eigenvalue weighted by Gasteiger charge is 2.25. The van der Waals surface area contributed by atoms with Gasteiger partial charge in [-0.3, -0.25) is 9.59 Å². The van der Waals surface area contributed by atoms with Crippen LogP contribution in [0.5, 0.6) is 0 Å². The van der Waals surface area contributed by atoms with E-state index in [0.717, 1.165) is 11.4 Å². The first kappa shape index (κ1) is 22.5. The Morgan fingerprint density at radius 2 is 1.67 bits per heavy atom. The van der Waals surface area contributed by atoms with Gasteiger partial charge in [0.1, 0.15) is 11.6 Å². The van der Waals surface area contributed by atoms with Crippen LogP contribution in [0.15, 0.2) is 59.4 Å². The van der Waals surface area contributed by atoms with Crippen LogP contribution in [0.25, 0.3) is 16.6 Å². The third kappa shape index (κ3) is 4.18. The zero-order chi connectivity index (χ0) is 23.7. The third-order valence-electron chi connectivity index (χ3n) is 5.97. The summed E-state index contributed by atoms with van der Waals surface area (Å²) in [5, 5.41) is 12.6. The van der Waals surface area contributed by atoms with E-state index in [4.69, 9.17) is 0 Å². The highest BCUT2D eigenvalue weighted by Crippen LogP contribution is 2.22. The number of hydrogen-bond donors (Lipinski definition) is 1. The van der Waals surface area contributed by atoms with Gasteiger partial charge in [0.2, 0.25) is 5.91 Å². The molecule has 1 atom stereocenters. The molecule has 2 aromatic carbocycles.